The number of alkyl halides is 3. The van der Waals surface area contributed by atoms with Crippen molar-refractivity contribution in [3.8, 4) is 11.3 Å². The number of hydrogen-bond acceptors (Lipinski definition) is 8. The molecule has 1 saturated heterocycles. The van der Waals surface area contributed by atoms with Crippen LogP contribution < -0.4 is 15.5 Å². The molecule has 0 aliphatic carbocycles. The number of hydrogen-bond donors (Lipinski definition) is 3. The molecule has 3 N–H and O–H groups in total. The number of benzene rings is 4. The zero-order valence-corrected chi connectivity index (χ0v) is 40.4. The Morgan fingerprint density at radius 2 is 1.47 bits per heavy atom. The fourth-order valence-electron chi connectivity index (χ4n) is 7.88. The van der Waals surface area contributed by atoms with E-state index < -0.39 is 34.8 Å². The fourth-order valence-corrected chi connectivity index (χ4v) is 8.78. The number of thioether (sulfide) groups is 1. The van der Waals surface area contributed by atoms with Gasteiger partial charge in [-0.2, -0.15) is 13.2 Å². The lowest BCUT2D eigenvalue weighted by Crippen LogP contribution is -2.60. The van der Waals surface area contributed by atoms with E-state index in [0.717, 1.165) is 60.6 Å². The van der Waals surface area contributed by atoms with E-state index in [2.05, 4.69) is 20.5 Å². The predicted molar refractivity (Wildman–Crippen MR) is 261 cm³/mol. The summed E-state index contributed by atoms with van der Waals surface area (Å²) < 4.78 is 46.1. The second kappa shape index (κ2) is 21.9. The van der Waals surface area contributed by atoms with Gasteiger partial charge in [0.05, 0.1) is 48.8 Å². The summed E-state index contributed by atoms with van der Waals surface area (Å²) in [6, 6.07) is 28.6. The van der Waals surface area contributed by atoms with Gasteiger partial charge in [0, 0.05) is 71.7 Å². The predicted octanol–water partition coefficient (Wildman–Crippen LogP) is 11.3. The molecule has 3 amide bonds. The third-order valence-electron chi connectivity index (χ3n) is 12.8. The summed E-state index contributed by atoms with van der Waals surface area (Å²) >= 11 is 1.55. The van der Waals surface area contributed by atoms with Crippen molar-refractivity contribution in [1.29, 1.82) is 0 Å². The molecule has 0 radical (unpaired) electrons. The van der Waals surface area contributed by atoms with Crippen LogP contribution in [0.1, 0.15) is 114 Å². The van der Waals surface area contributed by atoms with Crippen molar-refractivity contribution in [2.75, 3.05) is 44.0 Å². The molecule has 0 saturated carbocycles. The summed E-state index contributed by atoms with van der Waals surface area (Å²) in [5.41, 5.74) is 3.05. The molecule has 11 nitrogen and oxygen atoms in total. The van der Waals surface area contributed by atoms with Crippen molar-refractivity contribution in [2.24, 2.45) is 0 Å². The number of quaternary nitrogens is 1. The SMILES string of the molecule is CC(C)(CCC(=O)O)OCCC(C)(C)[N+](C)(C)C(=O)c1cccc(SCc2cccc(C(=O)Nc3ccc(N4CCCCC4)cc3-c3cc(C(=O)NCc4cccc(C(F)(F)F)c4)ccn3)c2)c1. The quantitative estimate of drug-likeness (QED) is 0.0545. The lowest BCUT2D eigenvalue weighted by atomic mass is 9.94. The molecule has 5 aromatic rings. The average molecular weight is 953 g/mol. The van der Waals surface area contributed by atoms with Crippen LogP contribution in [0.5, 0.6) is 0 Å². The molecule has 68 heavy (non-hydrogen) atoms. The zero-order valence-electron chi connectivity index (χ0n) is 39.5. The molecule has 0 bridgehead atoms. The Bertz CT molecular complexity index is 2610. The number of carbonyl (C=O) groups excluding carboxylic acids is 3. The first-order valence-electron chi connectivity index (χ1n) is 22.8. The van der Waals surface area contributed by atoms with E-state index in [4.69, 9.17) is 9.84 Å². The first-order valence-corrected chi connectivity index (χ1v) is 23.8. The highest BCUT2D eigenvalue weighted by atomic mass is 32.2. The highest BCUT2D eigenvalue weighted by molar-refractivity contribution is 7.98. The van der Waals surface area contributed by atoms with Crippen LogP contribution in [-0.4, -0.2) is 83.2 Å². The number of halogens is 3. The number of carboxylic acid groups (broad SMARTS) is 1. The van der Waals surface area contributed by atoms with Gasteiger partial charge in [-0.1, -0.05) is 30.3 Å². The Morgan fingerprint density at radius 1 is 0.779 bits per heavy atom. The summed E-state index contributed by atoms with van der Waals surface area (Å²) in [5, 5.41) is 14.9. The molecule has 0 spiro atoms. The van der Waals surface area contributed by atoms with Gasteiger partial charge in [0.15, 0.2) is 0 Å². The van der Waals surface area contributed by atoms with Crippen molar-refractivity contribution in [2.45, 2.75) is 101 Å². The molecule has 0 unspecified atom stereocenters. The minimum Gasteiger partial charge on any atom is -0.481 e. The molecule has 360 valence electrons. The number of nitrogens with one attached hydrogen (secondary N) is 2. The summed E-state index contributed by atoms with van der Waals surface area (Å²) in [6.07, 6.45) is 1.23. The second-order valence-electron chi connectivity index (χ2n) is 18.9. The van der Waals surface area contributed by atoms with Crippen molar-refractivity contribution in [3.05, 3.63) is 143 Å². The number of carbonyl (C=O) groups is 4. The molecule has 1 aliphatic rings. The molecule has 1 aliphatic heterocycles. The Kier molecular flexibility index (Phi) is 16.6. The van der Waals surface area contributed by atoms with Crippen LogP contribution in [0.2, 0.25) is 0 Å². The van der Waals surface area contributed by atoms with Gasteiger partial charge in [-0.25, -0.2) is 4.79 Å². The van der Waals surface area contributed by atoms with Gasteiger partial charge < -0.3 is 25.4 Å². The van der Waals surface area contributed by atoms with Crippen LogP contribution in [0, 0.1) is 0 Å². The van der Waals surface area contributed by atoms with E-state index in [1.807, 2.05) is 102 Å². The van der Waals surface area contributed by atoms with E-state index in [1.54, 1.807) is 23.9 Å². The third kappa shape index (κ3) is 13.6. The number of carboxylic acids is 1. The maximum atomic E-state index is 14.1. The topological polar surface area (TPSA) is 138 Å². The molecule has 0 atom stereocenters. The van der Waals surface area contributed by atoms with Gasteiger partial charge in [0.25, 0.3) is 11.8 Å². The standard InChI is InChI=1S/C53H60F3N5O6S/c1-51(2,24-28-67-52(3,4)23-21-47(62)63)61(5,6)50(66)40-16-12-18-43(31-40)68-35-37-14-10-15-38(29-37)49(65)59-45-20-19-42(60-26-8-7-9-27-60)33-44(45)46-32-39(22-25-57-46)48(64)58-34-36-13-11-17-41(30-36)53(54,55)56/h10-20,22,25,29-33H,7-9,21,23-24,26-28,34-35H2,1-6H3,(H2-,57,58,59,62,63,64,65)/p+1. The van der Waals surface area contributed by atoms with E-state index >= 15 is 0 Å². The lowest BCUT2D eigenvalue weighted by molar-refractivity contribution is -0.861. The first-order chi connectivity index (χ1) is 32.1. The zero-order chi connectivity index (χ0) is 49.3. The van der Waals surface area contributed by atoms with Crippen molar-refractivity contribution >= 4 is 46.8 Å². The van der Waals surface area contributed by atoms with E-state index in [-0.39, 0.29) is 34.8 Å². The molecule has 4 aromatic carbocycles. The largest absolute Gasteiger partial charge is 0.481 e. The molecule has 1 aromatic heterocycles. The number of ether oxygens (including phenoxy) is 1. The number of nitrogens with zero attached hydrogens (tertiary/aromatic N) is 3. The van der Waals surface area contributed by atoms with E-state index in [0.29, 0.717) is 58.8 Å². The van der Waals surface area contributed by atoms with E-state index in [9.17, 15) is 32.3 Å². The average Bonchev–Trinajstić information content (AvgIpc) is 3.32. The highest BCUT2D eigenvalue weighted by Crippen LogP contribution is 2.35. The summed E-state index contributed by atoms with van der Waals surface area (Å²) in [7, 11) is 3.78. The maximum Gasteiger partial charge on any atom is 0.416 e. The van der Waals surface area contributed by atoms with Crippen molar-refractivity contribution in [1.82, 2.24) is 10.3 Å². The van der Waals surface area contributed by atoms with Crippen LogP contribution in [-0.2, 0) is 28.0 Å². The van der Waals surface area contributed by atoms with Gasteiger partial charge in [0.2, 0.25) is 0 Å². The summed E-state index contributed by atoms with van der Waals surface area (Å²) in [4.78, 5) is 60.3. The number of piperidine rings is 1. The first kappa shape index (κ1) is 51.4. The van der Waals surface area contributed by atoms with Crippen LogP contribution in [0.4, 0.5) is 24.5 Å². The number of amides is 3. The Morgan fingerprint density at radius 3 is 2.21 bits per heavy atom. The van der Waals surface area contributed by atoms with Gasteiger partial charge >= 0.3 is 18.1 Å². The number of pyridine rings is 1. The maximum absolute atomic E-state index is 14.1. The molecule has 2 heterocycles. The normalized spacial score (nSPS) is 13.5. The van der Waals surface area contributed by atoms with Gasteiger partial charge in [0.1, 0.15) is 5.54 Å². The molecular weight excluding hydrogens is 892 g/mol. The Hall–Kier alpha value is -6.03. The van der Waals surface area contributed by atoms with Crippen molar-refractivity contribution in [3.63, 3.8) is 0 Å². The van der Waals surface area contributed by atoms with Gasteiger partial charge in [-0.15, -0.1) is 11.8 Å². The number of aliphatic carboxylic acids is 1. The molecule has 6 rings (SSSR count). The van der Waals surface area contributed by atoms with Crippen LogP contribution in [0.25, 0.3) is 11.3 Å². The van der Waals surface area contributed by atoms with Crippen LogP contribution in [0.15, 0.2) is 114 Å². The van der Waals surface area contributed by atoms with Crippen LogP contribution >= 0.6 is 11.8 Å². The Labute approximate surface area is 401 Å². The van der Waals surface area contributed by atoms with Gasteiger partial charge in [-0.3, -0.25) is 23.9 Å². The smallest absolute Gasteiger partial charge is 0.416 e. The fraction of sp³-hybridized carbons (Fsp3) is 0.377. The minimum atomic E-state index is -4.50. The third-order valence-corrected chi connectivity index (χ3v) is 13.9. The lowest BCUT2D eigenvalue weighted by Gasteiger charge is -2.42. The molecule has 15 heteroatoms. The second-order valence-corrected chi connectivity index (χ2v) is 19.9. The number of aromatic nitrogens is 1. The minimum absolute atomic E-state index is 0.0185. The van der Waals surface area contributed by atoms with Gasteiger partial charge in [-0.05, 0) is 137 Å². The van der Waals surface area contributed by atoms with Crippen LogP contribution in [0.3, 0.4) is 0 Å². The number of rotatable bonds is 19. The highest BCUT2D eigenvalue weighted by Gasteiger charge is 2.43. The van der Waals surface area contributed by atoms with E-state index in [1.165, 1.54) is 24.4 Å². The molecular formula is C53H61F3N5O6S+. The van der Waals surface area contributed by atoms with Crippen molar-refractivity contribution < 1.29 is 46.7 Å². The molecule has 1 fully saturated rings. The Balaban J connectivity index is 1.14. The summed E-state index contributed by atoms with van der Waals surface area (Å²) in [6.45, 7) is 9.84. The number of anilines is 2. The monoisotopic (exact) mass is 952 g/mol. The summed E-state index contributed by atoms with van der Waals surface area (Å²) in [5.74, 6) is -1.22.